The Morgan fingerprint density at radius 1 is 1.03 bits per heavy atom. The lowest BCUT2D eigenvalue weighted by atomic mass is 10.0. The van der Waals surface area contributed by atoms with E-state index in [1.165, 1.54) is 18.4 Å². The maximum atomic E-state index is 13.0. The Morgan fingerprint density at radius 3 is 2.74 bits per heavy atom. The van der Waals surface area contributed by atoms with Crippen molar-refractivity contribution in [1.82, 2.24) is 20.1 Å². The highest BCUT2D eigenvalue weighted by molar-refractivity contribution is 6.05. The molecule has 6 rings (SSSR count). The van der Waals surface area contributed by atoms with Gasteiger partial charge in [-0.2, -0.15) is 0 Å². The molecule has 39 heavy (non-hydrogen) atoms. The van der Waals surface area contributed by atoms with Crippen LogP contribution in [-0.2, 0) is 27.4 Å². The predicted octanol–water partition coefficient (Wildman–Crippen LogP) is 2.11. The lowest BCUT2D eigenvalue weighted by Gasteiger charge is -2.36. The molecule has 2 atom stereocenters. The van der Waals surface area contributed by atoms with Gasteiger partial charge in [-0.05, 0) is 67.3 Å². The second kappa shape index (κ2) is 11.3. The van der Waals surface area contributed by atoms with E-state index in [0.29, 0.717) is 31.2 Å². The Balaban J connectivity index is 1.08. The van der Waals surface area contributed by atoms with Crippen LogP contribution in [0.5, 0.6) is 5.75 Å². The van der Waals surface area contributed by atoms with E-state index in [2.05, 4.69) is 32.2 Å². The molecule has 206 valence electrons. The summed E-state index contributed by atoms with van der Waals surface area (Å²) in [7, 11) is 0. The van der Waals surface area contributed by atoms with Crippen LogP contribution in [0, 0.1) is 0 Å². The molecule has 3 saturated heterocycles. The minimum absolute atomic E-state index is 0.168. The Morgan fingerprint density at radius 2 is 1.90 bits per heavy atom. The summed E-state index contributed by atoms with van der Waals surface area (Å²) < 4.78 is 11.8. The van der Waals surface area contributed by atoms with Gasteiger partial charge < -0.3 is 19.3 Å². The molecule has 4 aliphatic rings. The van der Waals surface area contributed by atoms with Crippen LogP contribution in [0.4, 0.5) is 5.82 Å². The van der Waals surface area contributed by atoms with Gasteiger partial charge in [0.05, 0.1) is 13.2 Å². The number of imide groups is 1. The van der Waals surface area contributed by atoms with Gasteiger partial charge in [-0.1, -0.05) is 6.42 Å². The number of likely N-dealkylation sites (tertiary alicyclic amines) is 1. The molecule has 1 unspecified atom stereocenters. The SMILES string of the molecule is O=C1CCC(N2Cc3cc(OC[C@H]4CCCCN4Cc4ccnc(N5CCOCC5)c4)ccc3C2=O)C(=O)N1. The third-order valence-electron chi connectivity index (χ3n) is 8.22. The van der Waals surface area contributed by atoms with E-state index in [9.17, 15) is 14.4 Å². The summed E-state index contributed by atoms with van der Waals surface area (Å²) in [4.78, 5) is 47.8. The zero-order valence-electron chi connectivity index (χ0n) is 22.1. The summed E-state index contributed by atoms with van der Waals surface area (Å²) in [5.41, 5.74) is 2.71. The Hall–Kier alpha value is -3.50. The van der Waals surface area contributed by atoms with Crippen molar-refractivity contribution in [1.29, 1.82) is 0 Å². The molecule has 3 fully saturated rings. The summed E-state index contributed by atoms with van der Waals surface area (Å²) in [5, 5.41) is 2.35. The van der Waals surface area contributed by atoms with Crippen LogP contribution >= 0.6 is 0 Å². The van der Waals surface area contributed by atoms with Crippen molar-refractivity contribution in [2.45, 2.75) is 57.3 Å². The quantitative estimate of drug-likeness (QED) is 0.540. The van der Waals surface area contributed by atoms with Crippen molar-refractivity contribution in [3.05, 3.63) is 53.2 Å². The van der Waals surface area contributed by atoms with Crippen LogP contribution in [0.3, 0.4) is 0 Å². The molecule has 4 aliphatic heterocycles. The van der Waals surface area contributed by atoms with E-state index in [4.69, 9.17) is 9.47 Å². The first-order chi connectivity index (χ1) is 19.0. The Bertz CT molecular complexity index is 1250. The zero-order chi connectivity index (χ0) is 26.8. The van der Waals surface area contributed by atoms with Crippen molar-refractivity contribution in [3.63, 3.8) is 0 Å². The van der Waals surface area contributed by atoms with Gasteiger partial charge >= 0.3 is 0 Å². The highest BCUT2D eigenvalue weighted by Crippen LogP contribution is 2.31. The van der Waals surface area contributed by atoms with Gasteiger partial charge in [0, 0.05) is 50.4 Å². The van der Waals surface area contributed by atoms with Crippen molar-refractivity contribution in [3.8, 4) is 5.75 Å². The number of nitrogens with zero attached hydrogens (tertiary/aromatic N) is 4. The molecule has 0 spiro atoms. The van der Waals surface area contributed by atoms with E-state index >= 15 is 0 Å². The van der Waals surface area contributed by atoms with Crippen LogP contribution in [0.1, 0.15) is 53.6 Å². The summed E-state index contributed by atoms with van der Waals surface area (Å²) in [6, 6.07) is 9.54. The number of carbonyl (C=O) groups excluding carboxylic acids is 3. The molecular weight excluding hydrogens is 498 g/mol. The second-order valence-corrected chi connectivity index (χ2v) is 10.8. The van der Waals surface area contributed by atoms with Gasteiger partial charge in [0.15, 0.2) is 0 Å². The average molecular weight is 534 g/mol. The standard InChI is InChI=1S/C29H35N5O5/c35-27-7-6-25(28(36)31-27)34-18-21-16-23(4-5-24(21)29(34)37)39-19-22-3-1-2-10-33(22)17-20-8-9-30-26(15-20)32-11-13-38-14-12-32/h4-5,8-9,15-16,22,25H,1-3,6-7,10-14,17-19H2,(H,31,35,36)/t22-,25?/m1/s1. The van der Waals surface area contributed by atoms with E-state index in [1.807, 2.05) is 18.3 Å². The normalized spacial score (nSPS) is 24.1. The van der Waals surface area contributed by atoms with Gasteiger partial charge in [0.25, 0.3) is 5.91 Å². The maximum Gasteiger partial charge on any atom is 0.255 e. The molecule has 0 saturated carbocycles. The third kappa shape index (κ3) is 5.62. The molecule has 1 N–H and O–H groups in total. The molecule has 1 aromatic carbocycles. The third-order valence-corrected chi connectivity index (χ3v) is 8.22. The molecular formula is C29H35N5O5. The number of nitrogens with one attached hydrogen (secondary N) is 1. The fourth-order valence-corrected chi connectivity index (χ4v) is 6.05. The molecule has 0 radical (unpaired) electrons. The van der Waals surface area contributed by atoms with Crippen LogP contribution < -0.4 is 15.0 Å². The summed E-state index contributed by atoms with van der Waals surface area (Å²) in [6.07, 6.45) is 5.94. The lowest BCUT2D eigenvalue weighted by molar-refractivity contribution is -0.136. The first-order valence-electron chi connectivity index (χ1n) is 14.0. The zero-order valence-corrected chi connectivity index (χ0v) is 22.1. The number of aromatic nitrogens is 1. The number of hydrogen-bond acceptors (Lipinski definition) is 8. The van der Waals surface area contributed by atoms with Crippen LogP contribution in [0.15, 0.2) is 36.5 Å². The summed E-state index contributed by atoms with van der Waals surface area (Å²) in [6.45, 7) is 6.02. The molecule has 1 aromatic heterocycles. The van der Waals surface area contributed by atoms with Gasteiger partial charge in [-0.15, -0.1) is 0 Å². The first-order valence-corrected chi connectivity index (χ1v) is 14.0. The maximum absolute atomic E-state index is 13.0. The van der Waals surface area contributed by atoms with Crippen molar-refractivity contribution < 1.29 is 23.9 Å². The van der Waals surface area contributed by atoms with Gasteiger partial charge in [0.1, 0.15) is 24.2 Å². The Kier molecular flexibility index (Phi) is 7.47. The minimum Gasteiger partial charge on any atom is -0.492 e. The molecule has 3 amide bonds. The molecule has 2 aromatic rings. The largest absolute Gasteiger partial charge is 0.492 e. The lowest BCUT2D eigenvalue weighted by Crippen LogP contribution is -2.52. The Labute approximate surface area is 228 Å². The number of ether oxygens (including phenoxy) is 2. The molecule has 10 nitrogen and oxygen atoms in total. The topological polar surface area (TPSA) is 104 Å². The van der Waals surface area contributed by atoms with E-state index < -0.39 is 11.9 Å². The second-order valence-electron chi connectivity index (χ2n) is 10.8. The van der Waals surface area contributed by atoms with Crippen molar-refractivity contribution in [2.75, 3.05) is 44.4 Å². The highest BCUT2D eigenvalue weighted by Gasteiger charge is 2.39. The number of fused-ring (bicyclic) bond motifs is 1. The summed E-state index contributed by atoms with van der Waals surface area (Å²) in [5.74, 6) is 0.899. The number of pyridine rings is 1. The molecule has 0 aliphatic carbocycles. The summed E-state index contributed by atoms with van der Waals surface area (Å²) >= 11 is 0. The van der Waals surface area contributed by atoms with E-state index in [-0.39, 0.29) is 18.2 Å². The van der Waals surface area contributed by atoms with Crippen LogP contribution in [0.25, 0.3) is 0 Å². The number of carbonyl (C=O) groups is 3. The van der Waals surface area contributed by atoms with Crippen molar-refractivity contribution >= 4 is 23.5 Å². The number of anilines is 1. The predicted molar refractivity (Wildman–Crippen MR) is 143 cm³/mol. The van der Waals surface area contributed by atoms with Crippen molar-refractivity contribution in [2.24, 2.45) is 0 Å². The molecule has 0 bridgehead atoms. The fourth-order valence-electron chi connectivity index (χ4n) is 6.05. The number of rotatable bonds is 7. The van der Waals surface area contributed by atoms with Crippen LogP contribution in [-0.4, -0.2) is 84.0 Å². The highest BCUT2D eigenvalue weighted by atomic mass is 16.5. The van der Waals surface area contributed by atoms with Gasteiger partial charge in [-0.3, -0.25) is 24.6 Å². The number of piperidine rings is 2. The van der Waals surface area contributed by atoms with E-state index in [1.54, 1.807) is 11.0 Å². The van der Waals surface area contributed by atoms with Gasteiger partial charge in [0.2, 0.25) is 11.8 Å². The fraction of sp³-hybridized carbons (Fsp3) is 0.517. The molecule has 10 heteroatoms. The minimum atomic E-state index is -0.611. The number of hydrogen-bond donors (Lipinski definition) is 1. The number of amides is 3. The van der Waals surface area contributed by atoms with Crippen LogP contribution in [0.2, 0.25) is 0 Å². The smallest absolute Gasteiger partial charge is 0.255 e. The van der Waals surface area contributed by atoms with E-state index in [0.717, 1.165) is 62.9 Å². The van der Waals surface area contributed by atoms with Gasteiger partial charge in [-0.25, -0.2) is 4.98 Å². The number of morpholine rings is 1. The first kappa shape index (κ1) is 25.8. The molecule has 5 heterocycles. The average Bonchev–Trinajstić information content (AvgIpc) is 3.28. The monoisotopic (exact) mass is 533 g/mol. The number of benzene rings is 1.